The Morgan fingerprint density at radius 3 is 1.43 bits per heavy atom. The van der Waals surface area contributed by atoms with Crippen molar-refractivity contribution in [1.82, 2.24) is 0 Å². The summed E-state index contributed by atoms with van der Waals surface area (Å²) in [4.78, 5) is 0. The molecule has 0 spiro atoms. The fraction of sp³-hybridized carbons (Fsp3) is 0.667. The minimum Gasteiger partial charge on any atom is -0.491 e. The first-order valence-corrected chi connectivity index (χ1v) is 8.62. The third-order valence-electron chi connectivity index (χ3n) is 2.36. The van der Waals surface area contributed by atoms with Crippen molar-refractivity contribution in [2.75, 3.05) is 46.2 Å². The standard InChI is InChI=1S/C8H10O2.C4H10O2.C3H8O3.C3H8O2.H2O/c9-6-7-10-8-4-2-1-3-5-8;5-3-1-2-4-6;4-1-3(6)2-5;1-3(5)2-4;/h1-5,9H,6-7H2;5-6H,1-4H2;3-6H,1-2H2;3-5H,2H2,1H3;1H2. The van der Waals surface area contributed by atoms with Gasteiger partial charge >= 0.3 is 0 Å². The first-order chi connectivity index (χ1) is 12.9. The summed E-state index contributed by atoms with van der Waals surface area (Å²) in [6, 6.07) is 9.43. The number of hydrogen-bond acceptors (Lipinski definition) is 9. The molecule has 0 aliphatic rings. The fourth-order valence-corrected chi connectivity index (χ4v) is 0.962. The zero-order valence-corrected chi connectivity index (χ0v) is 16.4. The Hall–Kier alpha value is -1.34. The third kappa shape index (κ3) is 35.7. The maximum absolute atomic E-state index is 8.40. The number of ether oxygens (including phenoxy) is 1. The van der Waals surface area contributed by atoms with Crippen molar-refractivity contribution in [3.8, 4) is 5.75 Å². The van der Waals surface area contributed by atoms with E-state index in [1.165, 1.54) is 6.92 Å². The highest BCUT2D eigenvalue weighted by Gasteiger charge is 1.93. The van der Waals surface area contributed by atoms with Crippen molar-refractivity contribution < 1.29 is 51.1 Å². The third-order valence-corrected chi connectivity index (χ3v) is 2.36. The molecule has 10 heteroatoms. The maximum Gasteiger partial charge on any atom is 0.119 e. The molecule has 1 aromatic carbocycles. The predicted octanol–water partition coefficient (Wildman–Crippen LogP) is -2.32. The topological polar surface area (TPSA) is 203 Å². The van der Waals surface area contributed by atoms with Gasteiger partial charge in [-0.15, -0.1) is 0 Å². The Morgan fingerprint density at radius 1 is 0.750 bits per heavy atom. The largest absolute Gasteiger partial charge is 0.491 e. The van der Waals surface area contributed by atoms with Gasteiger partial charge in [0.2, 0.25) is 0 Å². The molecule has 0 amide bonds. The van der Waals surface area contributed by atoms with Gasteiger partial charge in [-0.1, -0.05) is 18.2 Å². The van der Waals surface area contributed by atoms with Crippen LogP contribution in [0.25, 0.3) is 0 Å². The van der Waals surface area contributed by atoms with E-state index in [-0.39, 0.29) is 45.1 Å². The van der Waals surface area contributed by atoms with Crippen molar-refractivity contribution in [1.29, 1.82) is 0 Å². The molecular weight excluding hydrogens is 376 g/mol. The summed E-state index contributed by atoms with van der Waals surface area (Å²) in [5, 5.41) is 64.6. The van der Waals surface area contributed by atoms with Gasteiger partial charge in [0, 0.05) is 13.2 Å². The van der Waals surface area contributed by atoms with Crippen LogP contribution in [0.5, 0.6) is 5.75 Å². The fourth-order valence-electron chi connectivity index (χ4n) is 0.962. The van der Waals surface area contributed by atoms with E-state index in [9.17, 15) is 0 Å². The number of rotatable bonds is 9. The number of benzene rings is 1. The highest BCUT2D eigenvalue weighted by Crippen LogP contribution is 2.07. The van der Waals surface area contributed by atoms with Crippen LogP contribution in [0.4, 0.5) is 0 Å². The molecule has 0 aromatic heterocycles. The van der Waals surface area contributed by atoms with Gasteiger partial charge in [-0.05, 0) is 31.9 Å². The van der Waals surface area contributed by atoms with Crippen LogP contribution in [0.1, 0.15) is 19.8 Å². The van der Waals surface area contributed by atoms with Crippen LogP contribution >= 0.6 is 0 Å². The summed E-state index contributed by atoms with van der Waals surface area (Å²) >= 11 is 0. The van der Waals surface area contributed by atoms with Gasteiger partial charge in [0.1, 0.15) is 18.5 Å². The van der Waals surface area contributed by atoms with E-state index >= 15 is 0 Å². The smallest absolute Gasteiger partial charge is 0.119 e. The van der Waals surface area contributed by atoms with Crippen LogP contribution in [-0.2, 0) is 0 Å². The lowest BCUT2D eigenvalue weighted by atomic mass is 10.3. The second kappa shape index (κ2) is 30.4. The zero-order valence-electron chi connectivity index (χ0n) is 16.4. The minimum atomic E-state index is -0.954. The minimum absolute atomic E-state index is 0. The predicted molar refractivity (Wildman–Crippen MR) is 105 cm³/mol. The molecule has 1 atom stereocenters. The molecule has 0 bridgehead atoms. The monoisotopic (exact) mass is 414 g/mol. The Labute approximate surface area is 166 Å². The molecule has 0 saturated carbocycles. The molecule has 1 rings (SSSR count). The molecule has 0 fully saturated rings. The van der Waals surface area contributed by atoms with E-state index < -0.39 is 12.2 Å². The Bertz CT molecular complexity index is 343. The molecule has 0 aliphatic carbocycles. The number of aliphatic hydroxyl groups is 8. The summed E-state index contributed by atoms with van der Waals surface area (Å²) in [5.74, 6) is 0.802. The van der Waals surface area contributed by atoms with Gasteiger partial charge in [0.15, 0.2) is 0 Å². The molecule has 1 unspecified atom stereocenters. The van der Waals surface area contributed by atoms with Crippen molar-refractivity contribution >= 4 is 0 Å². The van der Waals surface area contributed by atoms with E-state index in [4.69, 9.17) is 45.6 Å². The van der Waals surface area contributed by atoms with E-state index in [1.54, 1.807) is 0 Å². The molecule has 0 radical (unpaired) electrons. The maximum atomic E-state index is 8.40. The van der Waals surface area contributed by atoms with Crippen LogP contribution in [-0.4, -0.2) is 105 Å². The van der Waals surface area contributed by atoms with Crippen LogP contribution in [0, 0.1) is 0 Å². The highest BCUT2D eigenvalue weighted by atomic mass is 16.5. The van der Waals surface area contributed by atoms with Crippen LogP contribution < -0.4 is 4.74 Å². The van der Waals surface area contributed by atoms with Crippen LogP contribution in [0.15, 0.2) is 30.3 Å². The SMILES string of the molecule is CC(O)CO.O.OCC(O)CO.OCCCCO.OCCOc1ccccc1. The average molecular weight is 414 g/mol. The summed E-state index contributed by atoms with van der Waals surface area (Å²) < 4.78 is 5.11. The Kier molecular flexibility index (Phi) is 37.1. The Balaban J connectivity index is -0.000000142. The number of unbranched alkanes of at least 4 members (excludes halogenated alkanes) is 1. The van der Waals surface area contributed by atoms with E-state index in [0.29, 0.717) is 6.61 Å². The van der Waals surface area contributed by atoms with Crippen LogP contribution in [0.3, 0.4) is 0 Å². The molecule has 10 nitrogen and oxygen atoms in total. The van der Waals surface area contributed by atoms with Gasteiger partial charge in [0.05, 0.1) is 32.5 Å². The lowest BCUT2D eigenvalue weighted by Gasteiger charge is -2.01. The van der Waals surface area contributed by atoms with Gasteiger partial charge in [0.25, 0.3) is 0 Å². The molecule has 1 aromatic rings. The first kappa shape index (κ1) is 34.2. The molecule has 28 heavy (non-hydrogen) atoms. The van der Waals surface area contributed by atoms with E-state index in [1.807, 2.05) is 30.3 Å². The lowest BCUT2D eigenvalue weighted by molar-refractivity contribution is 0.0450. The summed E-state index contributed by atoms with van der Waals surface area (Å²) in [6.07, 6.45) is -0.0764. The highest BCUT2D eigenvalue weighted by molar-refractivity contribution is 5.20. The van der Waals surface area contributed by atoms with Gasteiger partial charge < -0.3 is 51.1 Å². The number of aliphatic hydroxyl groups excluding tert-OH is 8. The molecule has 10 N–H and O–H groups in total. The van der Waals surface area contributed by atoms with Gasteiger partial charge in [-0.25, -0.2) is 0 Å². The average Bonchev–Trinajstić information content (AvgIpc) is 2.72. The van der Waals surface area contributed by atoms with Gasteiger partial charge in [-0.2, -0.15) is 0 Å². The van der Waals surface area contributed by atoms with Crippen LogP contribution in [0.2, 0.25) is 0 Å². The molecule has 170 valence electrons. The van der Waals surface area contributed by atoms with Crippen molar-refractivity contribution in [3.63, 3.8) is 0 Å². The summed E-state index contributed by atoms with van der Waals surface area (Å²) in [6.45, 7) is 1.48. The molecular formula is C18H38O10. The summed E-state index contributed by atoms with van der Waals surface area (Å²) in [5.41, 5.74) is 0. The second-order valence-electron chi connectivity index (χ2n) is 5.09. The van der Waals surface area contributed by atoms with E-state index in [2.05, 4.69) is 0 Å². The summed E-state index contributed by atoms with van der Waals surface area (Å²) in [7, 11) is 0. The quantitative estimate of drug-likeness (QED) is 0.204. The zero-order chi connectivity index (χ0) is 21.3. The first-order valence-electron chi connectivity index (χ1n) is 8.62. The van der Waals surface area contributed by atoms with Gasteiger partial charge in [-0.3, -0.25) is 0 Å². The lowest BCUT2D eigenvalue weighted by Crippen LogP contribution is -2.15. The number of hydrogen-bond donors (Lipinski definition) is 8. The molecule has 0 heterocycles. The van der Waals surface area contributed by atoms with Crippen molar-refractivity contribution in [3.05, 3.63) is 30.3 Å². The second-order valence-corrected chi connectivity index (χ2v) is 5.09. The van der Waals surface area contributed by atoms with Crippen molar-refractivity contribution in [2.45, 2.75) is 32.0 Å². The molecule has 0 aliphatic heterocycles. The van der Waals surface area contributed by atoms with E-state index in [0.717, 1.165) is 18.6 Å². The normalized spacial score (nSPS) is 10.1. The molecule has 0 saturated heterocycles. The Morgan fingerprint density at radius 2 is 1.18 bits per heavy atom. The number of para-hydroxylation sites is 1. The van der Waals surface area contributed by atoms with Crippen molar-refractivity contribution in [2.24, 2.45) is 0 Å².